The Morgan fingerprint density at radius 2 is 1.74 bits per heavy atom. The molecule has 0 fully saturated rings. The zero-order valence-corrected chi connectivity index (χ0v) is 21.8. The highest BCUT2D eigenvalue weighted by molar-refractivity contribution is 6.42. The Balaban J connectivity index is 2.39. The van der Waals surface area contributed by atoms with Crippen LogP contribution in [-0.2, 0) is 16.0 Å². The molecular weight excluding hydrogens is 520 g/mol. The van der Waals surface area contributed by atoms with Crippen molar-refractivity contribution in [3.8, 4) is 28.1 Å². The van der Waals surface area contributed by atoms with Crippen molar-refractivity contribution in [1.29, 1.82) is 0 Å². The van der Waals surface area contributed by atoms with Gasteiger partial charge in [0, 0.05) is 30.5 Å². The highest BCUT2D eigenvalue weighted by Crippen LogP contribution is 2.37. The Bertz CT molecular complexity index is 1340. The molecule has 35 heavy (non-hydrogen) atoms. The number of nitrogens with zero attached hydrogens (tertiary/aromatic N) is 1. The van der Waals surface area contributed by atoms with Gasteiger partial charge < -0.3 is 18.8 Å². The summed E-state index contributed by atoms with van der Waals surface area (Å²) in [5, 5.41) is 0.605. The predicted molar refractivity (Wildman–Crippen MR) is 136 cm³/mol. The number of rotatable bonds is 8. The fraction of sp³-hybridized carbons (Fsp3) is 0.280. The van der Waals surface area contributed by atoms with E-state index in [1.807, 2.05) is 6.92 Å². The van der Waals surface area contributed by atoms with Crippen molar-refractivity contribution in [2.45, 2.75) is 20.4 Å². The molecular formula is C25H23Cl3FNO5. The Morgan fingerprint density at radius 1 is 1.03 bits per heavy atom. The molecule has 0 unspecified atom stereocenters. The van der Waals surface area contributed by atoms with Crippen LogP contribution in [0.15, 0.2) is 35.1 Å². The number of pyridine rings is 1. The summed E-state index contributed by atoms with van der Waals surface area (Å²) in [7, 11) is 2.68. The molecule has 10 heteroatoms. The van der Waals surface area contributed by atoms with E-state index < -0.39 is 17.2 Å². The molecule has 6 nitrogen and oxygen atoms in total. The van der Waals surface area contributed by atoms with Crippen LogP contribution in [0.1, 0.15) is 23.0 Å². The van der Waals surface area contributed by atoms with Gasteiger partial charge in [-0.2, -0.15) is 0 Å². The number of carbonyl (C=O) groups excluding carboxylic acids is 1. The van der Waals surface area contributed by atoms with Gasteiger partial charge in [-0.25, -0.2) is 9.18 Å². The summed E-state index contributed by atoms with van der Waals surface area (Å²) in [6.07, 6.45) is 0. The lowest BCUT2D eigenvalue weighted by atomic mass is 9.95. The second-order valence-corrected chi connectivity index (χ2v) is 8.70. The van der Waals surface area contributed by atoms with E-state index in [0.29, 0.717) is 22.8 Å². The van der Waals surface area contributed by atoms with Gasteiger partial charge in [-0.1, -0.05) is 40.9 Å². The van der Waals surface area contributed by atoms with Gasteiger partial charge in [-0.05, 0) is 38.1 Å². The average Bonchev–Trinajstić information content (AvgIpc) is 2.82. The zero-order valence-electron chi connectivity index (χ0n) is 19.5. The first-order valence-corrected chi connectivity index (χ1v) is 11.7. The summed E-state index contributed by atoms with van der Waals surface area (Å²) in [6.45, 7) is 4.31. The van der Waals surface area contributed by atoms with E-state index in [0.717, 1.165) is 6.07 Å². The summed E-state index contributed by atoms with van der Waals surface area (Å²) in [6, 6.07) is 7.18. The van der Waals surface area contributed by atoms with Crippen LogP contribution >= 0.6 is 34.8 Å². The minimum atomic E-state index is -0.870. The summed E-state index contributed by atoms with van der Waals surface area (Å²) >= 11 is 18.4. The number of halogens is 4. The van der Waals surface area contributed by atoms with Crippen LogP contribution in [0.2, 0.25) is 15.1 Å². The molecule has 0 aliphatic carbocycles. The summed E-state index contributed by atoms with van der Waals surface area (Å²) in [4.78, 5) is 26.7. The van der Waals surface area contributed by atoms with Crippen LogP contribution in [0, 0.1) is 12.7 Å². The van der Waals surface area contributed by atoms with E-state index in [1.54, 1.807) is 29.7 Å². The maximum Gasteiger partial charge on any atom is 0.344 e. The Labute approximate surface area is 217 Å². The van der Waals surface area contributed by atoms with Gasteiger partial charge in [0.2, 0.25) is 5.43 Å². The van der Waals surface area contributed by atoms with Crippen molar-refractivity contribution in [2.75, 3.05) is 27.4 Å². The molecule has 0 atom stereocenters. The van der Waals surface area contributed by atoms with E-state index in [1.165, 1.54) is 20.3 Å². The molecule has 2 aromatic carbocycles. The smallest absolute Gasteiger partial charge is 0.344 e. The molecule has 3 aromatic rings. The van der Waals surface area contributed by atoms with E-state index in [9.17, 15) is 9.59 Å². The number of hydrogen-bond donors (Lipinski definition) is 0. The number of carbonyl (C=O) groups is 1. The molecule has 0 aliphatic rings. The molecule has 0 spiro atoms. The van der Waals surface area contributed by atoms with Crippen LogP contribution in [0.25, 0.3) is 22.4 Å². The Morgan fingerprint density at radius 3 is 2.34 bits per heavy atom. The summed E-state index contributed by atoms with van der Waals surface area (Å²) in [5.41, 5.74) is 0.159. The van der Waals surface area contributed by atoms with Crippen molar-refractivity contribution in [3.63, 3.8) is 0 Å². The fourth-order valence-corrected chi connectivity index (χ4v) is 4.35. The monoisotopic (exact) mass is 541 g/mol. The number of esters is 1. The second kappa shape index (κ2) is 11.4. The molecule has 0 N–H and O–H groups in total. The lowest BCUT2D eigenvalue weighted by Crippen LogP contribution is -2.26. The number of ether oxygens (including phenoxy) is 3. The van der Waals surface area contributed by atoms with Crippen molar-refractivity contribution in [2.24, 2.45) is 0 Å². The number of methoxy groups -OCH3 is 2. The van der Waals surface area contributed by atoms with E-state index in [-0.39, 0.29) is 51.4 Å². The van der Waals surface area contributed by atoms with E-state index >= 15 is 4.39 Å². The molecule has 0 saturated heterocycles. The van der Waals surface area contributed by atoms with Crippen molar-refractivity contribution in [3.05, 3.63) is 72.7 Å². The van der Waals surface area contributed by atoms with Crippen LogP contribution < -0.4 is 10.2 Å². The third-order valence-electron chi connectivity index (χ3n) is 5.46. The van der Waals surface area contributed by atoms with Gasteiger partial charge in [0.1, 0.15) is 23.7 Å². The Kier molecular flexibility index (Phi) is 8.83. The van der Waals surface area contributed by atoms with Crippen molar-refractivity contribution in [1.82, 2.24) is 4.57 Å². The summed E-state index contributed by atoms with van der Waals surface area (Å²) in [5.74, 6) is -1.43. The second-order valence-electron chi connectivity index (χ2n) is 7.48. The molecule has 1 aromatic heterocycles. The third kappa shape index (κ3) is 5.33. The topological polar surface area (TPSA) is 66.8 Å². The quantitative estimate of drug-likeness (QED) is 0.243. The van der Waals surface area contributed by atoms with Crippen LogP contribution in [-0.4, -0.2) is 38.0 Å². The minimum absolute atomic E-state index is 0.0122. The maximum absolute atomic E-state index is 15.2. The summed E-state index contributed by atoms with van der Waals surface area (Å²) < 4.78 is 32.4. The van der Waals surface area contributed by atoms with Gasteiger partial charge in [-0.15, -0.1) is 0 Å². The maximum atomic E-state index is 15.2. The molecule has 186 valence electrons. The van der Waals surface area contributed by atoms with Gasteiger partial charge in [0.15, 0.2) is 0 Å². The number of hydrogen-bond acceptors (Lipinski definition) is 5. The molecule has 0 aliphatic heterocycles. The molecule has 1 heterocycles. The normalized spacial score (nSPS) is 11.0. The lowest BCUT2D eigenvalue weighted by Gasteiger charge is -2.22. The van der Waals surface area contributed by atoms with Gasteiger partial charge in [0.25, 0.3) is 0 Å². The van der Waals surface area contributed by atoms with Crippen LogP contribution in [0.5, 0.6) is 5.75 Å². The molecule has 3 rings (SSSR count). The standard InChI is InChI=1S/C25H23Cl3FNO5/c1-5-30-13(2)21(15-11-20(35-9-8-33-3)18(28)12-19(15)29)24(31)22(25(32)34-4)23(30)14-6-7-16(26)17(27)10-14/h6-7,10-12H,5,8-9H2,1-4H3. The van der Waals surface area contributed by atoms with Crippen molar-refractivity contribution >= 4 is 40.8 Å². The predicted octanol–water partition coefficient (Wildman–Crippen LogP) is 6.42. The Hall–Kier alpha value is -2.58. The van der Waals surface area contributed by atoms with Gasteiger partial charge in [-0.3, -0.25) is 4.79 Å². The number of benzene rings is 2. The average molecular weight is 543 g/mol. The van der Waals surface area contributed by atoms with E-state index in [2.05, 4.69) is 0 Å². The minimum Gasteiger partial charge on any atom is -0.490 e. The lowest BCUT2D eigenvalue weighted by molar-refractivity contribution is 0.0599. The first-order chi connectivity index (χ1) is 16.7. The molecule has 0 amide bonds. The SMILES string of the molecule is CCn1c(C)c(-c2cc(OCCOC)c(Cl)cc2F)c(=O)c(C(=O)OC)c1-c1ccc(Cl)c(Cl)c1. The highest BCUT2D eigenvalue weighted by atomic mass is 35.5. The first kappa shape index (κ1) is 27.0. The van der Waals surface area contributed by atoms with E-state index in [4.69, 9.17) is 49.0 Å². The largest absolute Gasteiger partial charge is 0.490 e. The highest BCUT2D eigenvalue weighted by Gasteiger charge is 2.28. The van der Waals surface area contributed by atoms with Gasteiger partial charge in [0.05, 0.1) is 40.0 Å². The fourth-order valence-electron chi connectivity index (χ4n) is 3.85. The molecule has 0 saturated carbocycles. The first-order valence-electron chi connectivity index (χ1n) is 10.6. The zero-order chi connectivity index (χ0) is 25.9. The third-order valence-corrected chi connectivity index (χ3v) is 6.50. The van der Waals surface area contributed by atoms with Crippen LogP contribution in [0.3, 0.4) is 0 Å². The van der Waals surface area contributed by atoms with Crippen LogP contribution in [0.4, 0.5) is 4.39 Å². The van der Waals surface area contributed by atoms with Crippen molar-refractivity contribution < 1.29 is 23.4 Å². The molecule has 0 radical (unpaired) electrons. The molecule has 0 bridgehead atoms. The van der Waals surface area contributed by atoms with Gasteiger partial charge >= 0.3 is 5.97 Å². The number of aromatic nitrogens is 1.